The summed E-state index contributed by atoms with van der Waals surface area (Å²) in [6.45, 7) is 4.01. The summed E-state index contributed by atoms with van der Waals surface area (Å²) in [6, 6.07) is 0. The van der Waals surface area contributed by atoms with Crippen LogP contribution in [0.3, 0.4) is 0 Å². The van der Waals surface area contributed by atoms with E-state index in [2.05, 4.69) is 15.6 Å². The molecule has 3 heterocycles. The van der Waals surface area contributed by atoms with Crippen molar-refractivity contribution in [2.24, 2.45) is 0 Å². The second-order valence-electron chi connectivity index (χ2n) is 6.26. The molecule has 23 heavy (non-hydrogen) atoms. The van der Waals surface area contributed by atoms with E-state index in [0.717, 1.165) is 25.9 Å². The van der Waals surface area contributed by atoms with E-state index < -0.39 is 17.2 Å². The number of anilines is 1. The molecule has 9 heteroatoms. The Bertz CT molecular complexity index is 558. The van der Waals surface area contributed by atoms with Gasteiger partial charge in [-0.1, -0.05) is 0 Å². The van der Waals surface area contributed by atoms with Crippen molar-refractivity contribution in [2.45, 2.75) is 43.4 Å². The first-order valence-corrected chi connectivity index (χ1v) is 8.39. The summed E-state index contributed by atoms with van der Waals surface area (Å²) in [6.07, 6.45) is 1.29. The first-order chi connectivity index (χ1) is 10.5. The van der Waals surface area contributed by atoms with E-state index in [0.29, 0.717) is 23.9 Å². The van der Waals surface area contributed by atoms with Crippen molar-refractivity contribution in [3.63, 3.8) is 0 Å². The van der Waals surface area contributed by atoms with Crippen LogP contribution in [0.5, 0.6) is 0 Å². The average molecular weight is 363 g/mol. The maximum atomic E-state index is 12.4. The Labute approximate surface area is 145 Å². The number of carbonyl (C=O) groups excluding carboxylic acids is 1. The molecule has 1 spiro atoms. The van der Waals surface area contributed by atoms with Gasteiger partial charge in [0.25, 0.3) is 5.91 Å². The van der Waals surface area contributed by atoms with Gasteiger partial charge in [-0.05, 0) is 39.3 Å². The number of piperidine rings is 1. The van der Waals surface area contributed by atoms with E-state index in [4.69, 9.17) is 10.5 Å². The van der Waals surface area contributed by atoms with E-state index >= 15 is 0 Å². The zero-order valence-electron chi connectivity index (χ0n) is 13.0. The van der Waals surface area contributed by atoms with E-state index in [9.17, 15) is 9.90 Å². The minimum absolute atomic E-state index is 0. The van der Waals surface area contributed by atoms with E-state index in [1.165, 1.54) is 11.3 Å². The fraction of sp³-hybridized carbons (Fsp3) is 0.714. The van der Waals surface area contributed by atoms with Gasteiger partial charge >= 0.3 is 0 Å². The number of aliphatic hydroxyl groups excluding tert-OH is 1. The minimum atomic E-state index is -0.754. The Morgan fingerprint density at radius 3 is 2.83 bits per heavy atom. The van der Waals surface area contributed by atoms with Gasteiger partial charge in [0, 0.05) is 12.0 Å². The number of thiazole rings is 1. The van der Waals surface area contributed by atoms with Gasteiger partial charge in [-0.15, -0.1) is 23.7 Å². The number of halogens is 1. The molecule has 2 aliphatic rings. The summed E-state index contributed by atoms with van der Waals surface area (Å²) in [4.78, 5) is 16.4. The van der Waals surface area contributed by atoms with Gasteiger partial charge in [0.05, 0.1) is 11.1 Å². The fourth-order valence-electron chi connectivity index (χ4n) is 3.38. The SMILES string of the molecule is C[C@@]1(NC(=O)c2csc(N)n2)CCOC2(CCNCC2)[C@H]1O.Cl. The molecule has 0 bridgehead atoms. The Balaban J connectivity index is 0.00000192. The van der Waals surface area contributed by atoms with E-state index in [1.54, 1.807) is 5.38 Å². The Morgan fingerprint density at radius 2 is 2.22 bits per heavy atom. The van der Waals surface area contributed by atoms with Crippen molar-refractivity contribution in [3.8, 4) is 0 Å². The summed E-state index contributed by atoms with van der Waals surface area (Å²) in [5.41, 5.74) is 4.56. The van der Waals surface area contributed by atoms with Crippen molar-refractivity contribution < 1.29 is 14.6 Å². The first-order valence-electron chi connectivity index (χ1n) is 7.51. The van der Waals surface area contributed by atoms with Gasteiger partial charge < -0.3 is 26.2 Å². The van der Waals surface area contributed by atoms with Crippen molar-refractivity contribution in [1.29, 1.82) is 0 Å². The molecule has 0 aromatic carbocycles. The van der Waals surface area contributed by atoms with Gasteiger partial charge in [0.15, 0.2) is 5.13 Å². The molecule has 2 saturated heterocycles. The van der Waals surface area contributed by atoms with Crippen LogP contribution in [0.1, 0.15) is 36.7 Å². The molecule has 0 aliphatic carbocycles. The quantitative estimate of drug-likeness (QED) is 0.611. The largest absolute Gasteiger partial charge is 0.388 e. The molecule has 0 radical (unpaired) electrons. The van der Waals surface area contributed by atoms with Crippen LogP contribution in [-0.4, -0.2) is 52.9 Å². The van der Waals surface area contributed by atoms with Crippen molar-refractivity contribution in [2.75, 3.05) is 25.4 Å². The molecule has 0 unspecified atom stereocenters. The van der Waals surface area contributed by atoms with Crippen molar-refractivity contribution in [3.05, 3.63) is 11.1 Å². The highest BCUT2D eigenvalue weighted by Crippen LogP contribution is 2.38. The maximum Gasteiger partial charge on any atom is 0.271 e. The van der Waals surface area contributed by atoms with Crippen LogP contribution < -0.4 is 16.4 Å². The summed E-state index contributed by atoms with van der Waals surface area (Å²) >= 11 is 1.23. The van der Waals surface area contributed by atoms with Crippen LogP contribution in [-0.2, 0) is 4.74 Å². The number of rotatable bonds is 2. The average Bonchev–Trinajstić information content (AvgIpc) is 2.93. The van der Waals surface area contributed by atoms with Gasteiger partial charge in [0.1, 0.15) is 11.8 Å². The first kappa shape index (κ1) is 18.4. The highest BCUT2D eigenvalue weighted by Gasteiger charge is 2.53. The smallest absolute Gasteiger partial charge is 0.271 e. The predicted molar refractivity (Wildman–Crippen MR) is 91.1 cm³/mol. The van der Waals surface area contributed by atoms with Gasteiger partial charge in [0.2, 0.25) is 0 Å². The molecule has 7 nitrogen and oxygen atoms in total. The third-order valence-corrected chi connectivity index (χ3v) is 5.39. The summed E-state index contributed by atoms with van der Waals surface area (Å²) in [5, 5.41) is 19.1. The lowest BCUT2D eigenvalue weighted by molar-refractivity contribution is -0.197. The predicted octanol–water partition coefficient (Wildman–Crippen LogP) is 0.539. The highest BCUT2D eigenvalue weighted by molar-refractivity contribution is 7.13. The van der Waals surface area contributed by atoms with E-state index in [-0.39, 0.29) is 18.3 Å². The van der Waals surface area contributed by atoms with Crippen LogP contribution in [0.15, 0.2) is 5.38 Å². The fourth-order valence-corrected chi connectivity index (χ4v) is 3.92. The van der Waals surface area contributed by atoms with Gasteiger partial charge in [-0.3, -0.25) is 4.79 Å². The molecular weight excluding hydrogens is 340 g/mol. The Morgan fingerprint density at radius 1 is 1.52 bits per heavy atom. The summed E-state index contributed by atoms with van der Waals surface area (Å²) in [5.74, 6) is -0.305. The minimum Gasteiger partial charge on any atom is -0.388 e. The van der Waals surface area contributed by atoms with Crippen LogP contribution in [0.4, 0.5) is 5.13 Å². The van der Waals surface area contributed by atoms with Crippen LogP contribution in [0.2, 0.25) is 0 Å². The molecular formula is C14H23ClN4O3S. The van der Waals surface area contributed by atoms with Gasteiger partial charge in [-0.2, -0.15) is 0 Å². The number of nitrogen functional groups attached to an aromatic ring is 1. The molecule has 2 aliphatic heterocycles. The number of hydrogen-bond donors (Lipinski definition) is 4. The number of amides is 1. The van der Waals surface area contributed by atoms with Crippen LogP contribution in [0, 0.1) is 0 Å². The van der Waals surface area contributed by atoms with Gasteiger partial charge in [-0.25, -0.2) is 4.98 Å². The second-order valence-corrected chi connectivity index (χ2v) is 7.15. The standard InChI is InChI=1S/C14H22N4O3S.ClH/c1-13(18-10(19)9-8-22-12(15)17-9)4-7-21-14(11(13)20)2-5-16-6-3-14;/h8,11,16,20H,2-7H2,1H3,(H2,15,17)(H,18,19);1H/t11-,13+;/m0./s1. The third-order valence-electron chi connectivity index (χ3n) is 4.72. The molecule has 2 atom stereocenters. The number of aliphatic hydroxyl groups is 1. The highest BCUT2D eigenvalue weighted by atomic mass is 35.5. The summed E-state index contributed by atoms with van der Waals surface area (Å²) in [7, 11) is 0. The lowest BCUT2D eigenvalue weighted by Crippen LogP contribution is -2.69. The molecule has 0 saturated carbocycles. The normalized spacial score (nSPS) is 29.7. The molecule has 1 aromatic rings. The number of hydrogen-bond acceptors (Lipinski definition) is 7. The molecule has 1 aromatic heterocycles. The van der Waals surface area contributed by atoms with Crippen LogP contribution in [0.25, 0.3) is 0 Å². The molecule has 5 N–H and O–H groups in total. The zero-order valence-corrected chi connectivity index (χ0v) is 14.6. The maximum absolute atomic E-state index is 12.4. The van der Waals surface area contributed by atoms with Crippen molar-refractivity contribution >= 4 is 34.8 Å². The number of nitrogens with zero attached hydrogens (tertiary/aromatic N) is 1. The topological polar surface area (TPSA) is 110 Å². The Kier molecular flexibility index (Phi) is 5.52. The number of nitrogens with one attached hydrogen (secondary N) is 2. The molecule has 3 rings (SSSR count). The lowest BCUT2D eigenvalue weighted by atomic mass is 9.73. The second kappa shape index (κ2) is 6.90. The monoisotopic (exact) mass is 362 g/mol. The number of ether oxygens (including phenoxy) is 1. The lowest BCUT2D eigenvalue weighted by Gasteiger charge is -2.52. The zero-order chi connectivity index (χ0) is 15.8. The van der Waals surface area contributed by atoms with Crippen LogP contribution >= 0.6 is 23.7 Å². The number of aromatic nitrogens is 1. The third kappa shape index (κ3) is 3.46. The number of carbonyl (C=O) groups is 1. The molecule has 2 fully saturated rings. The van der Waals surface area contributed by atoms with E-state index in [1.807, 2.05) is 6.92 Å². The summed E-state index contributed by atoms with van der Waals surface area (Å²) < 4.78 is 5.93. The van der Waals surface area contributed by atoms with Crippen molar-refractivity contribution in [1.82, 2.24) is 15.6 Å². The molecule has 1 amide bonds. The molecule has 130 valence electrons. The Hall–Kier alpha value is -0.930. The number of nitrogens with two attached hydrogens (primary N) is 1.